The minimum absolute atomic E-state index is 0.166. The van der Waals surface area contributed by atoms with Gasteiger partial charge in [-0.1, -0.05) is 12.1 Å². The maximum absolute atomic E-state index is 11.7. The van der Waals surface area contributed by atoms with E-state index in [-0.39, 0.29) is 11.1 Å². The Bertz CT molecular complexity index is 468. The lowest BCUT2D eigenvalue weighted by molar-refractivity contribution is 0.0371. The van der Waals surface area contributed by atoms with E-state index in [1.807, 2.05) is 0 Å². The van der Waals surface area contributed by atoms with Crippen LogP contribution in [0.1, 0.15) is 38.6 Å². The molecule has 0 radical (unpaired) electrons. The average molecular weight is 211 g/mol. The van der Waals surface area contributed by atoms with Gasteiger partial charge in [-0.15, -0.1) is 0 Å². The SMILES string of the molecule is [2H]C([2H])([2H])[C@H](C)OC(=O)c1ccccc1C(=O)O. The molecule has 4 nitrogen and oxygen atoms in total. The van der Waals surface area contributed by atoms with Crippen molar-refractivity contribution in [3.63, 3.8) is 0 Å². The van der Waals surface area contributed by atoms with Crippen molar-refractivity contribution in [2.45, 2.75) is 19.9 Å². The molecule has 0 spiro atoms. The molecule has 0 saturated carbocycles. The second-order valence-electron chi connectivity index (χ2n) is 2.90. The fourth-order valence-electron chi connectivity index (χ4n) is 1.07. The minimum Gasteiger partial charge on any atom is -0.478 e. The van der Waals surface area contributed by atoms with Gasteiger partial charge < -0.3 is 9.84 Å². The highest BCUT2D eigenvalue weighted by Gasteiger charge is 2.17. The summed E-state index contributed by atoms with van der Waals surface area (Å²) in [5.41, 5.74) is -0.388. The number of carbonyl (C=O) groups excluding carboxylic acids is 1. The third-order valence-corrected chi connectivity index (χ3v) is 1.66. The van der Waals surface area contributed by atoms with E-state index in [1.165, 1.54) is 31.2 Å². The van der Waals surface area contributed by atoms with Crippen LogP contribution < -0.4 is 0 Å². The largest absolute Gasteiger partial charge is 0.478 e. The van der Waals surface area contributed by atoms with Crippen LogP contribution in [0.15, 0.2) is 24.3 Å². The van der Waals surface area contributed by atoms with Crippen molar-refractivity contribution in [2.24, 2.45) is 0 Å². The van der Waals surface area contributed by atoms with Gasteiger partial charge in [0.15, 0.2) is 0 Å². The molecule has 1 aromatic carbocycles. The van der Waals surface area contributed by atoms with Crippen LogP contribution in [0.2, 0.25) is 0 Å². The molecule has 15 heavy (non-hydrogen) atoms. The second kappa shape index (κ2) is 4.59. The lowest BCUT2D eigenvalue weighted by Crippen LogP contribution is -2.15. The van der Waals surface area contributed by atoms with Crippen molar-refractivity contribution in [3.8, 4) is 0 Å². The molecule has 0 aliphatic heterocycles. The number of benzene rings is 1. The van der Waals surface area contributed by atoms with Gasteiger partial charge in [-0.3, -0.25) is 0 Å². The molecule has 80 valence electrons. The van der Waals surface area contributed by atoms with Crippen LogP contribution in [-0.2, 0) is 4.74 Å². The van der Waals surface area contributed by atoms with Gasteiger partial charge in [-0.2, -0.15) is 0 Å². The third kappa shape index (κ3) is 2.80. The summed E-state index contributed by atoms with van der Waals surface area (Å²) in [7, 11) is 0. The van der Waals surface area contributed by atoms with Crippen LogP contribution in [0.4, 0.5) is 0 Å². The van der Waals surface area contributed by atoms with Crippen LogP contribution in [0.5, 0.6) is 0 Å². The number of hydrogen-bond donors (Lipinski definition) is 1. The summed E-state index contributed by atoms with van der Waals surface area (Å²) in [5.74, 6) is -2.24. The van der Waals surface area contributed by atoms with E-state index < -0.39 is 24.9 Å². The minimum atomic E-state index is -2.44. The molecular formula is C11H12O4. The molecule has 1 atom stereocenters. The second-order valence-corrected chi connectivity index (χ2v) is 2.90. The fraction of sp³-hybridized carbons (Fsp3) is 0.273. The van der Waals surface area contributed by atoms with Crippen molar-refractivity contribution in [3.05, 3.63) is 35.4 Å². The van der Waals surface area contributed by atoms with Crippen LogP contribution >= 0.6 is 0 Å². The maximum atomic E-state index is 11.7. The van der Waals surface area contributed by atoms with Crippen molar-refractivity contribution >= 4 is 11.9 Å². The molecule has 4 heteroatoms. The predicted octanol–water partition coefficient (Wildman–Crippen LogP) is 1.95. The average Bonchev–Trinajstić information content (AvgIpc) is 2.27. The van der Waals surface area contributed by atoms with Crippen molar-refractivity contribution in [1.29, 1.82) is 0 Å². The van der Waals surface area contributed by atoms with Crippen molar-refractivity contribution < 1.29 is 23.5 Å². The third-order valence-electron chi connectivity index (χ3n) is 1.66. The highest BCUT2D eigenvalue weighted by atomic mass is 16.5. The summed E-state index contributed by atoms with van der Waals surface area (Å²) in [6.45, 7) is -1.21. The number of aromatic carboxylic acids is 1. The highest BCUT2D eigenvalue weighted by Crippen LogP contribution is 2.11. The van der Waals surface area contributed by atoms with Gasteiger partial charge in [0, 0.05) is 4.11 Å². The van der Waals surface area contributed by atoms with Crippen molar-refractivity contribution in [1.82, 2.24) is 0 Å². The van der Waals surface area contributed by atoms with Gasteiger partial charge in [0.2, 0.25) is 0 Å². The van der Waals surface area contributed by atoms with Crippen LogP contribution in [0.3, 0.4) is 0 Å². The monoisotopic (exact) mass is 211 g/mol. The van der Waals surface area contributed by atoms with Gasteiger partial charge in [0.25, 0.3) is 0 Å². The maximum Gasteiger partial charge on any atom is 0.339 e. The Labute approximate surface area is 91.7 Å². The Morgan fingerprint density at radius 3 is 2.53 bits per heavy atom. The zero-order valence-corrected chi connectivity index (χ0v) is 8.06. The van der Waals surface area contributed by atoms with Gasteiger partial charge in [-0.25, -0.2) is 9.59 Å². The molecule has 0 bridgehead atoms. The fourth-order valence-corrected chi connectivity index (χ4v) is 1.07. The topological polar surface area (TPSA) is 63.6 Å². The van der Waals surface area contributed by atoms with Crippen LogP contribution in [0, 0.1) is 0 Å². The first-order valence-corrected chi connectivity index (χ1v) is 4.27. The summed E-state index contributed by atoms with van der Waals surface area (Å²) in [6, 6.07) is 5.47. The van der Waals surface area contributed by atoms with E-state index in [9.17, 15) is 9.59 Å². The quantitative estimate of drug-likeness (QED) is 0.776. The molecule has 0 unspecified atom stereocenters. The first-order valence-electron chi connectivity index (χ1n) is 5.77. The Balaban J connectivity index is 2.95. The van der Waals surface area contributed by atoms with Crippen LogP contribution in [0.25, 0.3) is 0 Å². The summed E-state index contributed by atoms with van der Waals surface area (Å²) < 4.78 is 25.9. The molecule has 1 N–H and O–H groups in total. The smallest absolute Gasteiger partial charge is 0.339 e. The number of ether oxygens (including phenoxy) is 1. The summed E-state index contributed by atoms with van der Waals surface area (Å²) in [6.07, 6.45) is -1.30. The molecule has 0 heterocycles. The number of esters is 1. The number of carboxylic acids is 1. The molecule has 1 rings (SSSR count). The Hall–Kier alpha value is -1.84. The van der Waals surface area contributed by atoms with E-state index in [1.54, 1.807) is 0 Å². The predicted molar refractivity (Wildman–Crippen MR) is 54.0 cm³/mol. The van der Waals surface area contributed by atoms with Gasteiger partial charge in [0.05, 0.1) is 17.2 Å². The van der Waals surface area contributed by atoms with Gasteiger partial charge >= 0.3 is 11.9 Å². The first kappa shape index (κ1) is 7.45. The van der Waals surface area contributed by atoms with Gasteiger partial charge in [-0.05, 0) is 25.9 Å². The standard InChI is InChI=1S/C11H12O4/c1-7(2)15-11(14)9-6-4-3-5-8(9)10(12)13/h3-7H,1-2H3,(H,12,13)/i1D3/t7-/m1/s1. The Morgan fingerprint density at radius 1 is 1.40 bits per heavy atom. The Morgan fingerprint density at radius 2 is 2.00 bits per heavy atom. The van der Waals surface area contributed by atoms with Crippen LogP contribution in [-0.4, -0.2) is 23.1 Å². The van der Waals surface area contributed by atoms with E-state index in [2.05, 4.69) is 0 Å². The lowest BCUT2D eigenvalue weighted by atomic mass is 10.1. The molecule has 0 aliphatic rings. The number of carboxylic acid groups (broad SMARTS) is 1. The molecule has 1 aromatic rings. The molecule has 0 amide bonds. The molecule has 0 aromatic heterocycles. The zero-order chi connectivity index (χ0) is 13.9. The summed E-state index contributed by atoms with van der Waals surface area (Å²) in [5, 5.41) is 8.89. The summed E-state index contributed by atoms with van der Waals surface area (Å²) >= 11 is 0. The van der Waals surface area contributed by atoms with E-state index >= 15 is 0 Å². The van der Waals surface area contributed by atoms with E-state index in [4.69, 9.17) is 14.0 Å². The first-order chi connectivity index (χ1) is 8.23. The zero-order valence-electron chi connectivity index (χ0n) is 11.1. The normalized spacial score (nSPS) is 15.7. The number of carbonyl (C=O) groups is 2. The van der Waals surface area contributed by atoms with E-state index in [0.29, 0.717) is 0 Å². The molecular weight excluding hydrogens is 196 g/mol. The molecule has 0 fully saturated rings. The lowest BCUT2D eigenvalue weighted by Gasteiger charge is -2.09. The molecule has 0 saturated heterocycles. The Kier molecular flexibility index (Phi) is 2.28. The highest BCUT2D eigenvalue weighted by molar-refractivity contribution is 6.02. The number of rotatable bonds is 3. The van der Waals surface area contributed by atoms with Crippen molar-refractivity contribution in [2.75, 3.05) is 0 Å². The number of hydrogen-bond acceptors (Lipinski definition) is 3. The van der Waals surface area contributed by atoms with Gasteiger partial charge in [0.1, 0.15) is 0 Å². The summed E-state index contributed by atoms with van der Waals surface area (Å²) in [4.78, 5) is 22.6. The van der Waals surface area contributed by atoms with E-state index in [0.717, 1.165) is 0 Å². The molecule has 0 aliphatic carbocycles.